The Balaban J connectivity index is 1.74. The third-order valence-electron chi connectivity index (χ3n) is 2.85. The standard InChI is InChI=1S/C17H16O2S/c18-15(11-12-20-16-9-5-2-6-10-16)13-17(19)14-7-3-1-4-8-14/h1-10H,11-13H2. The van der Waals surface area contributed by atoms with Gasteiger partial charge in [-0.05, 0) is 12.1 Å². The minimum absolute atomic E-state index is 0.000632. The first-order valence-corrected chi connectivity index (χ1v) is 7.52. The number of rotatable bonds is 7. The molecule has 2 rings (SSSR count). The van der Waals surface area contributed by atoms with Crippen LogP contribution in [0.3, 0.4) is 0 Å². The van der Waals surface area contributed by atoms with Crippen LogP contribution >= 0.6 is 11.8 Å². The summed E-state index contributed by atoms with van der Waals surface area (Å²) in [6, 6.07) is 18.9. The Morgan fingerprint density at radius 1 is 0.850 bits per heavy atom. The molecule has 0 amide bonds. The van der Waals surface area contributed by atoms with Crippen LogP contribution in [0.2, 0.25) is 0 Å². The van der Waals surface area contributed by atoms with Crippen LogP contribution in [0.4, 0.5) is 0 Å². The summed E-state index contributed by atoms with van der Waals surface area (Å²) in [4.78, 5) is 24.8. The van der Waals surface area contributed by atoms with Gasteiger partial charge < -0.3 is 0 Å². The van der Waals surface area contributed by atoms with Gasteiger partial charge in [-0.2, -0.15) is 0 Å². The number of thioether (sulfide) groups is 1. The van der Waals surface area contributed by atoms with Crippen LogP contribution in [0.1, 0.15) is 23.2 Å². The topological polar surface area (TPSA) is 34.1 Å². The second-order valence-corrected chi connectivity index (χ2v) is 5.58. The minimum Gasteiger partial charge on any atom is -0.299 e. The summed E-state index contributed by atoms with van der Waals surface area (Å²) in [5.41, 5.74) is 0.608. The Morgan fingerprint density at radius 3 is 2.10 bits per heavy atom. The van der Waals surface area contributed by atoms with Crippen LogP contribution in [0, 0.1) is 0 Å². The third kappa shape index (κ3) is 4.67. The van der Waals surface area contributed by atoms with Gasteiger partial charge in [0.05, 0.1) is 6.42 Å². The van der Waals surface area contributed by atoms with Crippen molar-refractivity contribution < 1.29 is 9.59 Å². The van der Waals surface area contributed by atoms with Crippen molar-refractivity contribution in [3.05, 3.63) is 66.2 Å². The van der Waals surface area contributed by atoms with Gasteiger partial charge in [0.25, 0.3) is 0 Å². The quantitative estimate of drug-likeness (QED) is 0.437. The molecule has 0 spiro atoms. The van der Waals surface area contributed by atoms with E-state index in [4.69, 9.17) is 0 Å². The maximum absolute atomic E-state index is 11.9. The third-order valence-corrected chi connectivity index (χ3v) is 3.86. The SMILES string of the molecule is O=C(CCSc1ccccc1)CC(=O)c1ccccc1. The van der Waals surface area contributed by atoms with Crippen molar-refractivity contribution in [2.45, 2.75) is 17.7 Å². The monoisotopic (exact) mass is 284 g/mol. The molecule has 0 heterocycles. The summed E-state index contributed by atoms with van der Waals surface area (Å²) in [5, 5.41) is 0. The van der Waals surface area contributed by atoms with E-state index in [1.807, 2.05) is 48.5 Å². The first-order valence-electron chi connectivity index (χ1n) is 6.53. The molecule has 0 aliphatic carbocycles. The van der Waals surface area contributed by atoms with Crippen LogP contribution in [0.15, 0.2) is 65.6 Å². The molecule has 0 radical (unpaired) electrons. The number of carbonyl (C=O) groups is 2. The maximum Gasteiger partial charge on any atom is 0.170 e. The highest BCUT2D eigenvalue weighted by atomic mass is 32.2. The molecule has 0 fully saturated rings. The predicted octanol–water partition coefficient (Wildman–Crippen LogP) is 4.01. The zero-order valence-electron chi connectivity index (χ0n) is 11.1. The number of ketones is 2. The smallest absolute Gasteiger partial charge is 0.170 e. The Kier molecular flexibility index (Phi) is 5.56. The van der Waals surface area contributed by atoms with Gasteiger partial charge >= 0.3 is 0 Å². The Bertz CT molecular complexity index is 564. The molecule has 0 unspecified atom stereocenters. The molecule has 0 saturated heterocycles. The second-order valence-electron chi connectivity index (χ2n) is 4.42. The number of hydrogen-bond donors (Lipinski definition) is 0. The maximum atomic E-state index is 11.9. The van der Waals surface area contributed by atoms with Gasteiger partial charge in [0, 0.05) is 22.6 Å². The molecular weight excluding hydrogens is 268 g/mol. The van der Waals surface area contributed by atoms with Crippen molar-refractivity contribution >= 4 is 23.3 Å². The van der Waals surface area contributed by atoms with Crippen molar-refractivity contribution in [2.24, 2.45) is 0 Å². The first-order chi connectivity index (χ1) is 9.75. The molecule has 102 valence electrons. The molecule has 20 heavy (non-hydrogen) atoms. The van der Waals surface area contributed by atoms with E-state index in [0.29, 0.717) is 17.7 Å². The van der Waals surface area contributed by atoms with Gasteiger partial charge in [0.1, 0.15) is 5.78 Å². The summed E-state index contributed by atoms with van der Waals surface area (Å²) in [6.07, 6.45) is 0.428. The number of benzene rings is 2. The average molecular weight is 284 g/mol. The molecule has 0 atom stereocenters. The van der Waals surface area contributed by atoms with Crippen molar-refractivity contribution in [2.75, 3.05) is 5.75 Å². The van der Waals surface area contributed by atoms with Gasteiger partial charge in [0.15, 0.2) is 5.78 Å². The molecule has 0 aliphatic heterocycles. The predicted molar refractivity (Wildman–Crippen MR) is 82.2 cm³/mol. The molecule has 2 aromatic rings. The minimum atomic E-state index is -0.0969. The summed E-state index contributed by atoms with van der Waals surface area (Å²) < 4.78 is 0. The largest absolute Gasteiger partial charge is 0.299 e. The molecule has 0 aromatic heterocycles. The van der Waals surface area contributed by atoms with Gasteiger partial charge in [-0.15, -0.1) is 11.8 Å². The zero-order valence-corrected chi connectivity index (χ0v) is 11.9. The Hall–Kier alpha value is -1.87. The molecule has 0 bridgehead atoms. The summed E-state index contributed by atoms with van der Waals surface area (Å²) in [5.74, 6) is 0.618. The van der Waals surface area contributed by atoms with E-state index < -0.39 is 0 Å². The van der Waals surface area contributed by atoms with Crippen LogP contribution in [0.25, 0.3) is 0 Å². The van der Waals surface area contributed by atoms with Crippen molar-refractivity contribution in [1.29, 1.82) is 0 Å². The van der Waals surface area contributed by atoms with E-state index >= 15 is 0 Å². The van der Waals surface area contributed by atoms with Crippen molar-refractivity contribution in [3.8, 4) is 0 Å². The summed E-state index contributed by atoms with van der Waals surface area (Å²) in [7, 11) is 0. The lowest BCUT2D eigenvalue weighted by atomic mass is 10.1. The first kappa shape index (κ1) is 14.5. The lowest BCUT2D eigenvalue weighted by Crippen LogP contribution is -2.08. The van der Waals surface area contributed by atoms with E-state index in [2.05, 4.69) is 0 Å². The van der Waals surface area contributed by atoms with E-state index in [1.165, 1.54) is 0 Å². The van der Waals surface area contributed by atoms with Gasteiger partial charge in [0.2, 0.25) is 0 Å². The Morgan fingerprint density at radius 2 is 1.45 bits per heavy atom. The molecule has 0 N–H and O–H groups in total. The molecule has 2 aromatic carbocycles. The van der Waals surface area contributed by atoms with E-state index in [9.17, 15) is 9.59 Å². The van der Waals surface area contributed by atoms with Gasteiger partial charge in [-0.3, -0.25) is 9.59 Å². The Labute approximate surface area is 123 Å². The van der Waals surface area contributed by atoms with Crippen LogP contribution in [-0.2, 0) is 4.79 Å². The van der Waals surface area contributed by atoms with Crippen LogP contribution in [0.5, 0.6) is 0 Å². The highest BCUT2D eigenvalue weighted by Crippen LogP contribution is 2.18. The highest BCUT2D eigenvalue weighted by molar-refractivity contribution is 7.99. The molecular formula is C17H16O2S. The zero-order chi connectivity index (χ0) is 14.2. The fourth-order valence-electron chi connectivity index (χ4n) is 1.79. The lowest BCUT2D eigenvalue weighted by molar-refractivity contribution is -0.117. The highest BCUT2D eigenvalue weighted by Gasteiger charge is 2.11. The van der Waals surface area contributed by atoms with Crippen molar-refractivity contribution in [1.82, 2.24) is 0 Å². The number of carbonyl (C=O) groups excluding carboxylic acids is 2. The normalized spacial score (nSPS) is 10.2. The van der Waals surface area contributed by atoms with E-state index in [-0.39, 0.29) is 18.0 Å². The van der Waals surface area contributed by atoms with E-state index in [0.717, 1.165) is 4.90 Å². The summed E-state index contributed by atoms with van der Waals surface area (Å²) >= 11 is 1.64. The van der Waals surface area contributed by atoms with Gasteiger partial charge in [-0.1, -0.05) is 48.5 Å². The fraction of sp³-hybridized carbons (Fsp3) is 0.176. The molecule has 0 aliphatic rings. The van der Waals surface area contributed by atoms with Crippen molar-refractivity contribution in [3.63, 3.8) is 0 Å². The van der Waals surface area contributed by atoms with Crippen LogP contribution in [-0.4, -0.2) is 17.3 Å². The van der Waals surface area contributed by atoms with Crippen LogP contribution < -0.4 is 0 Å². The number of Topliss-reactive ketones (excluding diaryl/α,β-unsaturated/α-hetero) is 2. The second kappa shape index (κ2) is 7.65. The number of hydrogen-bond acceptors (Lipinski definition) is 3. The van der Waals surface area contributed by atoms with Gasteiger partial charge in [-0.25, -0.2) is 0 Å². The fourth-order valence-corrected chi connectivity index (χ4v) is 2.71. The summed E-state index contributed by atoms with van der Waals surface area (Å²) in [6.45, 7) is 0. The molecule has 3 heteroatoms. The average Bonchev–Trinajstić information content (AvgIpc) is 2.49. The molecule has 0 saturated carbocycles. The lowest BCUT2D eigenvalue weighted by Gasteiger charge is -2.02. The molecule has 2 nitrogen and oxygen atoms in total. The van der Waals surface area contributed by atoms with E-state index in [1.54, 1.807) is 23.9 Å².